The highest BCUT2D eigenvalue weighted by molar-refractivity contribution is 9.10. The zero-order chi connectivity index (χ0) is 13.0. The van der Waals surface area contributed by atoms with Crippen molar-refractivity contribution in [1.29, 1.82) is 0 Å². The van der Waals surface area contributed by atoms with Crippen molar-refractivity contribution in [2.24, 2.45) is 5.73 Å². The molecule has 2 rings (SSSR count). The van der Waals surface area contributed by atoms with Gasteiger partial charge in [0.25, 0.3) is 0 Å². The number of hydrogen-bond acceptors (Lipinski definition) is 3. The molecule has 0 spiro atoms. The van der Waals surface area contributed by atoms with Crippen LogP contribution in [0.3, 0.4) is 0 Å². The standard InChI is InChI=1S/C13H17BrN2O2/c14-10-3-1-2-9(6-10)8-16-13(17)12-5-4-11(7-15)18-12/h1-3,6,11-12H,4-5,7-8,15H2,(H,16,17)/t11-,12+/m1/s1. The van der Waals surface area contributed by atoms with Gasteiger partial charge in [-0.25, -0.2) is 0 Å². The number of rotatable bonds is 4. The molecule has 3 N–H and O–H groups in total. The average Bonchev–Trinajstić information content (AvgIpc) is 2.85. The summed E-state index contributed by atoms with van der Waals surface area (Å²) >= 11 is 3.40. The second kappa shape index (κ2) is 6.31. The summed E-state index contributed by atoms with van der Waals surface area (Å²) in [5.74, 6) is -0.0501. The van der Waals surface area contributed by atoms with Crippen LogP contribution < -0.4 is 11.1 Å². The second-order valence-electron chi connectivity index (χ2n) is 4.41. The van der Waals surface area contributed by atoms with Crippen LogP contribution in [0.4, 0.5) is 0 Å². The molecule has 4 nitrogen and oxygen atoms in total. The number of nitrogens with two attached hydrogens (primary N) is 1. The minimum absolute atomic E-state index is 0.0339. The Balaban J connectivity index is 1.82. The van der Waals surface area contributed by atoms with E-state index in [9.17, 15) is 4.79 Å². The molecule has 1 amide bonds. The molecule has 1 aliphatic heterocycles. The lowest BCUT2D eigenvalue weighted by Crippen LogP contribution is -2.35. The van der Waals surface area contributed by atoms with E-state index in [1.54, 1.807) is 0 Å². The van der Waals surface area contributed by atoms with Crippen LogP contribution in [0.5, 0.6) is 0 Å². The Kier molecular flexibility index (Phi) is 4.74. The fourth-order valence-corrected chi connectivity index (χ4v) is 2.47. The van der Waals surface area contributed by atoms with E-state index in [-0.39, 0.29) is 18.1 Å². The van der Waals surface area contributed by atoms with Gasteiger partial charge in [0.1, 0.15) is 6.10 Å². The summed E-state index contributed by atoms with van der Waals surface area (Å²) in [6, 6.07) is 7.86. The molecule has 1 heterocycles. The summed E-state index contributed by atoms with van der Waals surface area (Å²) < 4.78 is 6.55. The van der Waals surface area contributed by atoms with Gasteiger partial charge in [-0.1, -0.05) is 28.1 Å². The molecule has 0 radical (unpaired) electrons. The first kappa shape index (κ1) is 13.5. The maximum atomic E-state index is 11.9. The van der Waals surface area contributed by atoms with Crippen molar-refractivity contribution < 1.29 is 9.53 Å². The summed E-state index contributed by atoms with van der Waals surface area (Å²) in [5, 5.41) is 2.89. The lowest BCUT2D eigenvalue weighted by molar-refractivity contribution is -0.132. The van der Waals surface area contributed by atoms with E-state index in [1.807, 2.05) is 24.3 Å². The molecule has 1 saturated heterocycles. The van der Waals surface area contributed by atoms with E-state index in [0.717, 1.165) is 22.9 Å². The Hall–Kier alpha value is -0.910. The quantitative estimate of drug-likeness (QED) is 0.887. The van der Waals surface area contributed by atoms with E-state index in [0.29, 0.717) is 13.1 Å². The maximum Gasteiger partial charge on any atom is 0.249 e. The first-order valence-electron chi connectivity index (χ1n) is 6.06. The molecule has 0 aliphatic carbocycles. The van der Waals surface area contributed by atoms with Gasteiger partial charge in [-0.15, -0.1) is 0 Å². The summed E-state index contributed by atoms with van der Waals surface area (Å²) in [6.07, 6.45) is 1.31. The molecule has 0 aromatic heterocycles. The Morgan fingerprint density at radius 2 is 2.33 bits per heavy atom. The van der Waals surface area contributed by atoms with Crippen LogP contribution in [0.25, 0.3) is 0 Å². The van der Waals surface area contributed by atoms with E-state index in [4.69, 9.17) is 10.5 Å². The lowest BCUT2D eigenvalue weighted by Gasteiger charge is -2.12. The number of halogens is 1. The number of carbonyl (C=O) groups is 1. The van der Waals surface area contributed by atoms with Gasteiger partial charge in [0, 0.05) is 17.6 Å². The molecule has 18 heavy (non-hydrogen) atoms. The minimum atomic E-state index is -0.342. The molecule has 1 aliphatic rings. The fourth-order valence-electron chi connectivity index (χ4n) is 2.02. The van der Waals surface area contributed by atoms with Crippen molar-refractivity contribution in [1.82, 2.24) is 5.32 Å². The summed E-state index contributed by atoms with van der Waals surface area (Å²) in [7, 11) is 0. The third kappa shape index (κ3) is 3.54. The van der Waals surface area contributed by atoms with Crippen LogP contribution in [0.2, 0.25) is 0 Å². The highest BCUT2D eigenvalue weighted by Gasteiger charge is 2.29. The van der Waals surface area contributed by atoms with Gasteiger partial charge in [0.05, 0.1) is 6.10 Å². The van der Waals surface area contributed by atoms with Crippen LogP contribution in [0, 0.1) is 0 Å². The predicted molar refractivity (Wildman–Crippen MR) is 72.9 cm³/mol. The number of benzene rings is 1. The van der Waals surface area contributed by atoms with Crippen LogP contribution >= 0.6 is 15.9 Å². The minimum Gasteiger partial charge on any atom is -0.364 e. The van der Waals surface area contributed by atoms with Crippen molar-refractivity contribution in [3.05, 3.63) is 34.3 Å². The van der Waals surface area contributed by atoms with Crippen molar-refractivity contribution in [2.45, 2.75) is 31.6 Å². The zero-order valence-corrected chi connectivity index (χ0v) is 11.7. The molecule has 1 aromatic carbocycles. The van der Waals surface area contributed by atoms with Gasteiger partial charge >= 0.3 is 0 Å². The van der Waals surface area contributed by atoms with Gasteiger partial charge in [0.2, 0.25) is 5.91 Å². The maximum absolute atomic E-state index is 11.9. The highest BCUT2D eigenvalue weighted by Crippen LogP contribution is 2.19. The molecular formula is C13H17BrN2O2. The zero-order valence-electron chi connectivity index (χ0n) is 10.1. The van der Waals surface area contributed by atoms with E-state index in [2.05, 4.69) is 21.2 Å². The Labute approximate surface area is 115 Å². The van der Waals surface area contributed by atoms with Crippen molar-refractivity contribution >= 4 is 21.8 Å². The van der Waals surface area contributed by atoms with E-state index >= 15 is 0 Å². The first-order valence-corrected chi connectivity index (χ1v) is 6.86. The number of carbonyl (C=O) groups excluding carboxylic acids is 1. The van der Waals surface area contributed by atoms with Gasteiger partial charge in [-0.2, -0.15) is 0 Å². The summed E-state index contributed by atoms with van der Waals surface area (Å²) in [6.45, 7) is 1.00. The van der Waals surface area contributed by atoms with Crippen LogP contribution in [-0.4, -0.2) is 24.7 Å². The molecule has 0 bridgehead atoms. The third-order valence-electron chi connectivity index (χ3n) is 3.02. The van der Waals surface area contributed by atoms with Gasteiger partial charge < -0.3 is 15.8 Å². The summed E-state index contributed by atoms with van der Waals surface area (Å²) in [4.78, 5) is 11.9. The molecule has 1 aromatic rings. The van der Waals surface area contributed by atoms with E-state index in [1.165, 1.54) is 0 Å². The first-order chi connectivity index (χ1) is 8.69. The number of ether oxygens (including phenoxy) is 1. The normalized spacial score (nSPS) is 23.0. The van der Waals surface area contributed by atoms with Crippen LogP contribution in [-0.2, 0) is 16.1 Å². The average molecular weight is 313 g/mol. The van der Waals surface area contributed by atoms with Crippen LogP contribution in [0.15, 0.2) is 28.7 Å². The topological polar surface area (TPSA) is 64.4 Å². The lowest BCUT2D eigenvalue weighted by atomic mass is 10.2. The van der Waals surface area contributed by atoms with Gasteiger partial charge in [-0.3, -0.25) is 4.79 Å². The van der Waals surface area contributed by atoms with Crippen molar-refractivity contribution in [3.63, 3.8) is 0 Å². The largest absolute Gasteiger partial charge is 0.364 e. The van der Waals surface area contributed by atoms with Gasteiger partial charge in [0.15, 0.2) is 0 Å². The third-order valence-corrected chi connectivity index (χ3v) is 3.51. The fraction of sp³-hybridized carbons (Fsp3) is 0.462. The Morgan fingerprint density at radius 3 is 3.00 bits per heavy atom. The number of hydrogen-bond donors (Lipinski definition) is 2. The molecule has 0 unspecified atom stereocenters. The monoisotopic (exact) mass is 312 g/mol. The molecule has 1 fully saturated rings. The van der Waals surface area contributed by atoms with Gasteiger partial charge in [-0.05, 0) is 30.5 Å². The van der Waals surface area contributed by atoms with Crippen LogP contribution in [0.1, 0.15) is 18.4 Å². The molecule has 2 atom stereocenters. The summed E-state index contributed by atoms with van der Waals surface area (Å²) in [5.41, 5.74) is 6.58. The SMILES string of the molecule is NC[C@H]1CC[C@@H](C(=O)NCc2cccc(Br)c2)O1. The smallest absolute Gasteiger partial charge is 0.249 e. The second-order valence-corrected chi connectivity index (χ2v) is 5.32. The van der Waals surface area contributed by atoms with Crippen molar-refractivity contribution in [3.8, 4) is 0 Å². The van der Waals surface area contributed by atoms with E-state index < -0.39 is 0 Å². The Bertz CT molecular complexity index is 425. The number of amides is 1. The molecule has 0 saturated carbocycles. The highest BCUT2D eigenvalue weighted by atomic mass is 79.9. The number of nitrogens with one attached hydrogen (secondary N) is 1. The molecule has 5 heteroatoms. The molecule has 98 valence electrons. The Morgan fingerprint density at radius 1 is 1.50 bits per heavy atom. The molecular weight excluding hydrogens is 296 g/mol. The van der Waals surface area contributed by atoms with Crippen molar-refractivity contribution in [2.75, 3.05) is 6.54 Å². The predicted octanol–water partition coefficient (Wildman–Crippen LogP) is 1.57.